The highest BCUT2D eigenvalue weighted by molar-refractivity contribution is 5.95. The Morgan fingerprint density at radius 1 is 1.26 bits per heavy atom. The Morgan fingerprint density at radius 3 is 2.70 bits per heavy atom. The third-order valence-electron chi connectivity index (χ3n) is 4.14. The molecule has 1 heterocycles. The van der Waals surface area contributed by atoms with Crippen molar-refractivity contribution in [1.29, 1.82) is 0 Å². The van der Waals surface area contributed by atoms with E-state index in [-0.39, 0.29) is 11.3 Å². The third kappa shape index (κ3) is 3.95. The lowest BCUT2D eigenvalue weighted by Crippen LogP contribution is -2.31. The number of hydrogen-bond acceptors (Lipinski definition) is 5. The molecular weight excluding hydrogens is 348 g/mol. The van der Waals surface area contributed by atoms with Crippen molar-refractivity contribution in [3.8, 4) is 5.75 Å². The minimum Gasteiger partial charge on any atom is -0.497 e. The minimum atomic E-state index is -0.549. The summed E-state index contributed by atoms with van der Waals surface area (Å²) < 4.78 is 7.07. The Balaban J connectivity index is 1.96. The van der Waals surface area contributed by atoms with Crippen LogP contribution in [0.4, 0.5) is 5.69 Å². The summed E-state index contributed by atoms with van der Waals surface area (Å²) in [6, 6.07) is 12.4. The van der Waals surface area contributed by atoms with Gasteiger partial charge < -0.3 is 14.6 Å². The SMILES string of the molecule is COc1cccc([C@H](NC(=O)c2cccc([N+](=O)[O-])c2)c2nccn2C)c1. The fraction of sp³-hybridized carbons (Fsp3) is 0.158. The minimum absolute atomic E-state index is 0.141. The van der Waals surface area contributed by atoms with Crippen LogP contribution in [0.5, 0.6) is 5.75 Å². The lowest BCUT2D eigenvalue weighted by molar-refractivity contribution is -0.384. The largest absolute Gasteiger partial charge is 0.497 e. The van der Waals surface area contributed by atoms with Crippen LogP contribution in [0.15, 0.2) is 60.9 Å². The third-order valence-corrected chi connectivity index (χ3v) is 4.14. The molecule has 1 amide bonds. The molecule has 0 saturated heterocycles. The highest BCUT2D eigenvalue weighted by atomic mass is 16.6. The molecule has 0 spiro atoms. The van der Waals surface area contributed by atoms with Crippen molar-refractivity contribution in [3.05, 3.63) is 88.0 Å². The van der Waals surface area contributed by atoms with Gasteiger partial charge in [-0.15, -0.1) is 0 Å². The number of aryl methyl sites for hydroxylation is 1. The maximum absolute atomic E-state index is 12.8. The zero-order valence-electron chi connectivity index (χ0n) is 14.8. The second kappa shape index (κ2) is 7.69. The lowest BCUT2D eigenvalue weighted by atomic mass is 10.0. The van der Waals surface area contributed by atoms with E-state index in [0.717, 1.165) is 5.56 Å². The van der Waals surface area contributed by atoms with Gasteiger partial charge in [0.25, 0.3) is 11.6 Å². The average Bonchev–Trinajstić information content (AvgIpc) is 3.11. The first-order valence-corrected chi connectivity index (χ1v) is 8.16. The number of nitrogens with zero attached hydrogens (tertiary/aromatic N) is 3. The van der Waals surface area contributed by atoms with Gasteiger partial charge in [0.2, 0.25) is 0 Å². The van der Waals surface area contributed by atoms with Crippen molar-refractivity contribution < 1.29 is 14.5 Å². The maximum atomic E-state index is 12.8. The van der Waals surface area contributed by atoms with E-state index in [0.29, 0.717) is 11.6 Å². The highest BCUT2D eigenvalue weighted by Crippen LogP contribution is 2.25. The molecule has 0 aliphatic rings. The van der Waals surface area contributed by atoms with Crippen molar-refractivity contribution in [2.75, 3.05) is 7.11 Å². The molecule has 1 atom stereocenters. The van der Waals surface area contributed by atoms with Crippen LogP contribution in [0.2, 0.25) is 0 Å². The molecule has 0 fully saturated rings. The van der Waals surface area contributed by atoms with E-state index >= 15 is 0 Å². The van der Waals surface area contributed by atoms with Crippen LogP contribution in [-0.4, -0.2) is 27.5 Å². The molecule has 0 bridgehead atoms. The first-order chi connectivity index (χ1) is 13.0. The number of imidazole rings is 1. The summed E-state index contributed by atoms with van der Waals surface area (Å²) in [6.45, 7) is 0. The standard InChI is InChI=1S/C19H18N4O4/c1-22-10-9-20-18(22)17(13-5-4-8-16(12-13)27-2)21-19(24)14-6-3-7-15(11-14)23(25)26/h3-12,17H,1-2H3,(H,21,24)/t17-/m0/s1. The Bertz CT molecular complexity index is 983. The molecule has 0 saturated carbocycles. The topological polar surface area (TPSA) is 99.3 Å². The molecule has 0 aliphatic carbocycles. The Labute approximate surface area is 155 Å². The second-order valence-corrected chi connectivity index (χ2v) is 5.89. The number of benzene rings is 2. The van der Waals surface area contributed by atoms with Crippen molar-refractivity contribution in [3.63, 3.8) is 0 Å². The fourth-order valence-corrected chi connectivity index (χ4v) is 2.75. The molecule has 0 unspecified atom stereocenters. The van der Waals surface area contributed by atoms with Gasteiger partial charge in [-0.1, -0.05) is 18.2 Å². The van der Waals surface area contributed by atoms with Crippen molar-refractivity contribution in [1.82, 2.24) is 14.9 Å². The quantitative estimate of drug-likeness (QED) is 0.534. The van der Waals surface area contributed by atoms with Crippen molar-refractivity contribution in [2.24, 2.45) is 7.05 Å². The summed E-state index contributed by atoms with van der Waals surface area (Å²) in [5, 5.41) is 13.9. The van der Waals surface area contributed by atoms with Crippen molar-refractivity contribution >= 4 is 11.6 Å². The zero-order chi connectivity index (χ0) is 19.4. The number of rotatable bonds is 6. The smallest absolute Gasteiger partial charge is 0.270 e. The molecule has 138 valence electrons. The van der Waals surface area contributed by atoms with Gasteiger partial charge >= 0.3 is 0 Å². The summed E-state index contributed by atoms with van der Waals surface area (Å²) in [7, 11) is 3.39. The summed E-state index contributed by atoms with van der Waals surface area (Å²) in [5.41, 5.74) is 0.839. The highest BCUT2D eigenvalue weighted by Gasteiger charge is 2.22. The molecule has 0 radical (unpaired) electrons. The molecule has 2 aromatic carbocycles. The molecule has 27 heavy (non-hydrogen) atoms. The van der Waals surface area contributed by atoms with Crippen molar-refractivity contribution in [2.45, 2.75) is 6.04 Å². The normalized spacial score (nSPS) is 11.6. The van der Waals surface area contributed by atoms with E-state index < -0.39 is 16.9 Å². The van der Waals surface area contributed by atoms with Gasteiger partial charge in [0, 0.05) is 37.1 Å². The number of hydrogen-bond donors (Lipinski definition) is 1. The predicted molar refractivity (Wildman–Crippen MR) is 98.6 cm³/mol. The van der Waals surface area contributed by atoms with Gasteiger partial charge in [-0.05, 0) is 23.8 Å². The van der Waals surface area contributed by atoms with Crippen LogP contribution in [-0.2, 0) is 7.05 Å². The monoisotopic (exact) mass is 366 g/mol. The predicted octanol–water partition coefficient (Wildman–Crippen LogP) is 2.86. The number of nitro groups is 1. The number of nitro benzene ring substituents is 1. The number of methoxy groups -OCH3 is 1. The molecule has 8 heteroatoms. The van der Waals surface area contributed by atoms with Gasteiger partial charge in [0.05, 0.1) is 12.0 Å². The molecule has 1 aromatic heterocycles. The van der Waals surface area contributed by atoms with E-state index in [1.807, 2.05) is 25.2 Å². The van der Waals surface area contributed by atoms with Gasteiger partial charge in [-0.3, -0.25) is 14.9 Å². The van der Waals surface area contributed by atoms with E-state index in [9.17, 15) is 14.9 Å². The van der Waals surface area contributed by atoms with Crippen LogP contribution in [0.25, 0.3) is 0 Å². The number of non-ortho nitro benzene ring substituents is 1. The summed E-state index contributed by atoms with van der Waals surface area (Å²) in [4.78, 5) is 27.5. The second-order valence-electron chi connectivity index (χ2n) is 5.89. The molecule has 1 N–H and O–H groups in total. The molecule has 3 rings (SSSR count). The van der Waals surface area contributed by atoms with Crippen LogP contribution in [0, 0.1) is 10.1 Å². The number of carbonyl (C=O) groups excluding carboxylic acids is 1. The van der Waals surface area contributed by atoms with E-state index in [4.69, 9.17) is 4.74 Å². The van der Waals surface area contributed by atoms with Gasteiger partial charge in [-0.2, -0.15) is 0 Å². The summed E-state index contributed by atoms with van der Waals surface area (Å²) >= 11 is 0. The maximum Gasteiger partial charge on any atom is 0.270 e. The molecule has 0 aliphatic heterocycles. The number of amides is 1. The van der Waals surface area contributed by atoms with E-state index in [2.05, 4.69) is 10.3 Å². The first kappa shape index (κ1) is 18.1. The Morgan fingerprint density at radius 2 is 2.04 bits per heavy atom. The molecule has 8 nitrogen and oxygen atoms in total. The van der Waals surface area contributed by atoms with Crippen LogP contribution in [0.1, 0.15) is 27.8 Å². The molecule has 3 aromatic rings. The fourth-order valence-electron chi connectivity index (χ4n) is 2.75. The molecular formula is C19H18N4O4. The van der Waals surface area contributed by atoms with Gasteiger partial charge in [0.1, 0.15) is 17.6 Å². The van der Waals surface area contributed by atoms with Crippen LogP contribution in [0.3, 0.4) is 0 Å². The van der Waals surface area contributed by atoms with Crippen LogP contribution >= 0.6 is 0 Å². The Kier molecular flexibility index (Phi) is 5.16. The van der Waals surface area contributed by atoms with E-state index in [1.165, 1.54) is 24.3 Å². The first-order valence-electron chi connectivity index (χ1n) is 8.16. The zero-order valence-corrected chi connectivity index (χ0v) is 14.8. The number of carbonyl (C=O) groups is 1. The van der Waals surface area contributed by atoms with Crippen LogP contribution < -0.4 is 10.1 Å². The van der Waals surface area contributed by atoms with Gasteiger partial charge in [0.15, 0.2) is 0 Å². The average molecular weight is 366 g/mol. The van der Waals surface area contributed by atoms with Gasteiger partial charge in [-0.25, -0.2) is 4.98 Å². The summed E-state index contributed by atoms with van der Waals surface area (Å²) in [6.07, 6.45) is 3.42. The number of aromatic nitrogens is 2. The Hall–Kier alpha value is -3.68. The van der Waals surface area contributed by atoms with E-state index in [1.54, 1.807) is 30.1 Å². The number of nitrogens with one attached hydrogen (secondary N) is 1. The number of ether oxygens (including phenoxy) is 1. The lowest BCUT2D eigenvalue weighted by Gasteiger charge is -2.20. The summed E-state index contributed by atoms with van der Waals surface area (Å²) in [5.74, 6) is 0.841.